The molecule has 0 saturated heterocycles. The van der Waals surface area contributed by atoms with E-state index < -0.39 is 23.0 Å². The Morgan fingerprint density at radius 1 is 1.26 bits per heavy atom. The fourth-order valence-corrected chi connectivity index (χ4v) is 4.43. The van der Waals surface area contributed by atoms with Gasteiger partial charge in [0.25, 0.3) is 5.91 Å². The van der Waals surface area contributed by atoms with Gasteiger partial charge in [-0.2, -0.15) is 0 Å². The second kappa shape index (κ2) is 10.0. The molecule has 0 fully saturated rings. The van der Waals surface area contributed by atoms with Crippen molar-refractivity contribution in [2.75, 3.05) is 5.32 Å². The SMILES string of the molecule is CCn1c(S[C@H](C)C(=O)Nc2nc(C)cs2)nnc1[C@H](C)NC(=O)c1ccccc1F. The molecule has 1 aromatic carbocycles. The number of amides is 2. The van der Waals surface area contributed by atoms with Crippen LogP contribution in [-0.2, 0) is 11.3 Å². The van der Waals surface area contributed by atoms with Crippen LogP contribution in [0.25, 0.3) is 0 Å². The molecule has 0 aliphatic heterocycles. The van der Waals surface area contributed by atoms with Gasteiger partial charge in [0.1, 0.15) is 5.82 Å². The first-order chi connectivity index (χ1) is 14.8. The number of thiazole rings is 1. The zero-order chi connectivity index (χ0) is 22.5. The Morgan fingerprint density at radius 3 is 2.65 bits per heavy atom. The molecule has 3 rings (SSSR count). The fourth-order valence-electron chi connectivity index (χ4n) is 2.82. The summed E-state index contributed by atoms with van der Waals surface area (Å²) in [7, 11) is 0. The van der Waals surface area contributed by atoms with Crippen LogP contribution < -0.4 is 10.6 Å². The predicted octanol–water partition coefficient (Wildman–Crippen LogP) is 3.81. The third-order valence-corrected chi connectivity index (χ3v) is 6.37. The molecule has 11 heteroatoms. The highest BCUT2D eigenvalue weighted by Gasteiger charge is 2.24. The molecular formula is C20H23FN6O2S2. The van der Waals surface area contributed by atoms with E-state index in [0.717, 1.165) is 5.69 Å². The monoisotopic (exact) mass is 462 g/mol. The first kappa shape index (κ1) is 22.9. The van der Waals surface area contributed by atoms with Gasteiger partial charge in [0.15, 0.2) is 16.1 Å². The summed E-state index contributed by atoms with van der Waals surface area (Å²) in [6.07, 6.45) is 0. The number of nitrogens with zero attached hydrogens (tertiary/aromatic N) is 4. The highest BCUT2D eigenvalue weighted by atomic mass is 32.2. The third kappa shape index (κ3) is 5.47. The summed E-state index contributed by atoms with van der Waals surface area (Å²) in [5.74, 6) is -0.780. The van der Waals surface area contributed by atoms with Crippen molar-refractivity contribution in [1.29, 1.82) is 0 Å². The number of hydrogen-bond acceptors (Lipinski definition) is 7. The number of carbonyl (C=O) groups excluding carboxylic acids is 2. The molecule has 0 aliphatic rings. The number of nitrogens with one attached hydrogen (secondary N) is 2. The molecule has 3 aromatic rings. The van der Waals surface area contributed by atoms with Gasteiger partial charge in [-0.3, -0.25) is 9.59 Å². The van der Waals surface area contributed by atoms with E-state index in [0.29, 0.717) is 22.7 Å². The van der Waals surface area contributed by atoms with Crippen LogP contribution in [0.5, 0.6) is 0 Å². The Labute approximate surface area is 187 Å². The number of hydrogen-bond donors (Lipinski definition) is 2. The topological polar surface area (TPSA) is 102 Å². The number of thioether (sulfide) groups is 1. The molecule has 2 aromatic heterocycles. The van der Waals surface area contributed by atoms with E-state index in [1.165, 1.54) is 41.3 Å². The Balaban J connectivity index is 1.68. The zero-order valence-corrected chi connectivity index (χ0v) is 19.2. The molecule has 0 spiro atoms. The Hall–Kier alpha value is -2.79. The third-order valence-electron chi connectivity index (χ3n) is 4.42. The van der Waals surface area contributed by atoms with E-state index >= 15 is 0 Å². The van der Waals surface area contributed by atoms with Gasteiger partial charge in [-0.25, -0.2) is 9.37 Å². The summed E-state index contributed by atoms with van der Waals surface area (Å²) in [5.41, 5.74) is 0.816. The quantitative estimate of drug-likeness (QED) is 0.494. The van der Waals surface area contributed by atoms with Crippen LogP contribution in [-0.4, -0.2) is 36.8 Å². The van der Waals surface area contributed by atoms with Crippen LogP contribution in [0.1, 0.15) is 48.7 Å². The largest absolute Gasteiger partial charge is 0.342 e. The van der Waals surface area contributed by atoms with E-state index in [1.54, 1.807) is 19.9 Å². The molecule has 2 atom stereocenters. The molecule has 2 N–H and O–H groups in total. The molecule has 0 unspecified atom stereocenters. The van der Waals surface area contributed by atoms with Gasteiger partial charge in [0, 0.05) is 11.9 Å². The lowest BCUT2D eigenvalue weighted by molar-refractivity contribution is -0.115. The lowest BCUT2D eigenvalue weighted by Gasteiger charge is -2.16. The smallest absolute Gasteiger partial charge is 0.254 e. The molecule has 0 bridgehead atoms. The second-order valence-electron chi connectivity index (χ2n) is 6.80. The number of benzene rings is 1. The van der Waals surface area contributed by atoms with Crippen LogP contribution in [0.4, 0.5) is 9.52 Å². The summed E-state index contributed by atoms with van der Waals surface area (Å²) >= 11 is 2.64. The summed E-state index contributed by atoms with van der Waals surface area (Å²) < 4.78 is 15.7. The first-order valence-electron chi connectivity index (χ1n) is 9.68. The summed E-state index contributed by atoms with van der Waals surface area (Å²) in [6.45, 7) is 7.86. The number of carbonyl (C=O) groups is 2. The molecule has 2 heterocycles. The molecule has 0 saturated carbocycles. The van der Waals surface area contributed by atoms with Crippen molar-refractivity contribution in [2.45, 2.75) is 50.7 Å². The Bertz CT molecular complexity index is 1080. The minimum absolute atomic E-state index is 0.0331. The van der Waals surface area contributed by atoms with Crippen molar-refractivity contribution < 1.29 is 14.0 Å². The second-order valence-corrected chi connectivity index (χ2v) is 8.97. The summed E-state index contributed by atoms with van der Waals surface area (Å²) in [6, 6.07) is 5.29. The minimum Gasteiger partial charge on any atom is -0.342 e. The van der Waals surface area contributed by atoms with Gasteiger partial charge in [0.05, 0.1) is 22.5 Å². The van der Waals surface area contributed by atoms with Crippen LogP contribution in [0.15, 0.2) is 34.8 Å². The highest BCUT2D eigenvalue weighted by Crippen LogP contribution is 2.26. The molecular weight excluding hydrogens is 439 g/mol. The number of anilines is 1. The van der Waals surface area contributed by atoms with Gasteiger partial charge in [-0.1, -0.05) is 23.9 Å². The van der Waals surface area contributed by atoms with Gasteiger partial charge in [-0.15, -0.1) is 21.5 Å². The number of aromatic nitrogens is 4. The normalized spacial score (nSPS) is 12.9. The van der Waals surface area contributed by atoms with Crippen LogP contribution >= 0.6 is 23.1 Å². The number of aryl methyl sites for hydroxylation is 1. The lowest BCUT2D eigenvalue weighted by Crippen LogP contribution is -2.29. The molecule has 8 nitrogen and oxygen atoms in total. The maximum atomic E-state index is 13.9. The van der Waals surface area contributed by atoms with Crippen molar-refractivity contribution in [2.24, 2.45) is 0 Å². The first-order valence-corrected chi connectivity index (χ1v) is 11.4. The predicted molar refractivity (Wildman–Crippen MR) is 119 cm³/mol. The van der Waals surface area contributed by atoms with Crippen LogP contribution in [0, 0.1) is 12.7 Å². The number of halogens is 1. The fraction of sp³-hybridized carbons (Fsp3) is 0.350. The van der Waals surface area contributed by atoms with Gasteiger partial charge in [0.2, 0.25) is 5.91 Å². The number of rotatable bonds is 8. The molecule has 164 valence electrons. The molecule has 0 radical (unpaired) electrons. The summed E-state index contributed by atoms with van der Waals surface area (Å²) in [5, 5.41) is 16.5. The maximum Gasteiger partial charge on any atom is 0.254 e. The van der Waals surface area contributed by atoms with Crippen LogP contribution in [0.3, 0.4) is 0 Å². The molecule has 31 heavy (non-hydrogen) atoms. The average Bonchev–Trinajstić information content (AvgIpc) is 3.33. The van der Waals surface area contributed by atoms with Crippen molar-refractivity contribution in [1.82, 2.24) is 25.1 Å². The zero-order valence-electron chi connectivity index (χ0n) is 17.5. The molecule has 2 amide bonds. The van der Waals surface area contributed by atoms with E-state index in [1.807, 2.05) is 23.8 Å². The van der Waals surface area contributed by atoms with E-state index in [-0.39, 0.29) is 11.5 Å². The molecule has 0 aliphatic carbocycles. The maximum absolute atomic E-state index is 13.9. The average molecular weight is 463 g/mol. The van der Waals surface area contributed by atoms with Crippen molar-refractivity contribution >= 4 is 40.0 Å². The van der Waals surface area contributed by atoms with E-state index in [4.69, 9.17) is 0 Å². The highest BCUT2D eigenvalue weighted by molar-refractivity contribution is 8.00. The van der Waals surface area contributed by atoms with Gasteiger partial charge >= 0.3 is 0 Å². The van der Waals surface area contributed by atoms with Crippen molar-refractivity contribution in [3.05, 3.63) is 52.5 Å². The minimum atomic E-state index is -0.587. The lowest BCUT2D eigenvalue weighted by atomic mass is 10.2. The van der Waals surface area contributed by atoms with Gasteiger partial charge < -0.3 is 15.2 Å². The Morgan fingerprint density at radius 2 is 2.00 bits per heavy atom. The Kier molecular flexibility index (Phi) is 7.39. The van der Waals surface area contributed by atoms with Gasteiger partial charge in [-0.05, 0) is 39.8 Å². The van der Waals surface area contributed by atoms with Crippen molar-refractivity contribution in [3.8, 4) is 0 Å². The van der Waals surface area contributed by atoms with E-state index in [9.17, 15) is 14.0 Å². The van der Waals surface area contributed by atoms with E-state index in [2.05, 4.69) is 25.8 Å². The standard InChI is InChI=1S/C20H23FN6O2S2/c1-5-27-16(12(3)23-18(29)14-8-6-7-9-15(14)21)25-26-20(27)31-13(4)17(28)24-19-22-11(2)10-30-19/h6-10,12-13H,5H2,1-4H3,(H,23,29)(H,22,24,28)/t12-,13+/m0/s1. The van der Waals surface area contributed by atoms with Crippen molar-refractivity contribution in [3.63, 3.8) is 0 Å². The van der Waals surface area contributed by atoms with Crippen LogP contribution in [0.2, 0.25) is 0 Å². The summed E-state index contributed by atoms with van der Waals surface area (Å²) in [4.78, 5) is 29.1.